The minimum atomic E-state index is -0.573. The lowest BCUT2D eigenvalue weighted by Crippen LogP contribution is -2.41. The van der Waals surface area contributed by atoms with E-state index in [0.29, 0.717) is 55.1 Å². The second-order valence-electron chi connectivity index (χ2n) is 11.8. The number of nitrogens with zero attached hydrogens (tertiary/aromatic N) is 2. The van der Waals surface area contributed by atoms with Crippen molar-refractivity contribution in [2.75, 3.05) is 32.1 Å². The summed E-state index contributed by atoms with van der Waals surface area (Å²) in [4.78, 5) is 42.8. The van der Waals surface area contributed by atoms with Gasteiger partial charge in [0.2, 0.25) is 0 Å². The number of pyridine rings is 1. The number of fused-ring (bicyclic) bond motifs is 1. The second kappa shape index (κ2) is 15.5. The van der Waals surface area contributed by atoms with E-state index < -0.39 is 5.91 Å². The minimum absolute atomic E-state index is 0.0314. The summed E-state index contributed by atoms with van der Waals surface area (Å²) in [6.07, 6.45) is 8.38. The van der Waals surface area contributed by atoms with Crippen LogP contribution in [0.5, 0.6) is 5.75 Å². The first-order valence-corrected chi connectivity index (χ1v) is 15.9. The van der Waals surface area contributed by atoms with Crippen LogP contribution in [0.15, 0.2) is 66.9 Å². The van der Waals surface area contributed by atoms with Crippen molar-refractivity contribution in [3.8, 4) is 5.75 Å². The number of nitrogens with one attached hydrogen (secondary N) is 1. The largest absolute Gasteiger partial charge is 0.497 e. The molecule has 0 unspecified atom stereocenters. The SMILES string of the molecule is COc1cccc(Nc2c(C(N)=O)cnc3c(C)cc(Cc4cccc(C(=O)N5CCC(OCCCCCC=O)CC5)c4)cc23)c1. The van der Waals surface area contributed by atoms with Gasteiger partial charge in [0.15, 0.2) is 0 Å². The number of hydrogen-bond acceptors (Lipinski definition) is 7. The average Bonchev–Trinajstić information content (AvgIpc) is 3.06. The fraction of sp³-hybridized carbons (Fsp3) is 0.351. The quantitative estimate of drug-likeness (QED) is 0.124. The van der Waals surface area contributed by atoms with E-state index >= 15 is 0 Å². The Balaban J connectivity index is 1.30. The van der Waals surface area contributed by atoms with Gasteiger partial charge in [0.05, 0.1) is 30.0 Å². The number of methoxy groups -OCH3 is 1. The van der Waals surface area contributed by atoms with E-state index in [1.807, 2.05) is 66.4 Å². The predicted molar refractivity (Wildman–Crippen MR) is 180 cm³/mol. The van der Waals surface area contributed by atoms with E-state index in [-0.39, 0.29) is 12.0 Å². The molecule has 0 saturated carbocycles. The van der Waals surface area contributed by atoms with Crippen molar-refractivity contribution < 1.29 is 23.9 Å². The number of likely N-dealkylation sites (tertiary alicyclic amines) is 1. The van der Waals surface area contributed by atoms with Gasteiger partial charge in [-0.15, -0.1) is 0 Å². The number of aryl methyl sites for hydroxylation is 1. The van der Waals surface area contributed by atoms with Crippen LogP contribution < -0.4 is 15.8 Å². The highest BCUT2D eigenvalue weighted by Gasteiger charge is 2.24. The van der Waals surface area contributed by atoms with Crippen molar-refractivity contribution in [1.29, 1.82) is 0 Å². The third kappa shape index (κ3) is 8.09. The zero-order chi connectivity index (χ0) is 32.5. The van der Waals surface area contributed by atoms with Crippen LogP contribution in [0.25, 0.3) is 10.9 Å². The Kier molecular flexibility index (Phi) is 11.0. The molecule has 1 saturated heterocycles. The summed E-state index contributed by atoms with van der Waals surface area (Å²) in [5.74, 6) is 0.145. The highest BCUT2D eigenvalue weighted by atomic mass is 16.5. The maximum atomic E-state index is 13.5. The average molecular weight is 623 g/mol. The molecule has 2 heterocycles. The number of amides is 2. The van der Waals surface area contributed by atoms with Crippen molar-refractivity contribution in [2.24, 2.45) is 5.73 Å². The fourth-order valence-electron chi connectivity index (χ4n) is 6.04. The van der Waals surface area contributed by atoms with Gasteiger partial charge in [-0.3, -0.25) is 14.6 Å². The number of aldehydes is 1. The maximum Gasteiger partial charge on any atom is 0.253 e. The number of primary amides is 1. The number of carbonyl (C=O) groups is 3. The van der Waals surface area contributed by atoms with Gasteiger partial charge in [-0.2, -0.15) is 0 Å². The lowest BCUT2D eigenvalue weighted by molar-refractivity contribution is -0.108. The fourth-order valence-corrected chi connectivity index (χ4v) is 6.04. The number of aromatic nitrogens is 1. The zero-order valence-corrected chi connectivity index (χ0v) is 26.6. The van der Waals surface area contributed by atoms with Crippen LogP contribution in [-0.2, 0) is 16.0 Å². The first-order chi connectivity index (χ1) is 22.4. The molecule has 2 amide bonds. The third-order valence-electron chi connectivity index (χ3n) is 8.46. The number of carbonyl (C=O) groups excluding carboxylic acids is 3. The molecule has 0 aliphatic carbocycles. The molecule has 1 aromatic heterocycles. The number of ether oxygens (including phenoxy) is 2. The Labute approximate surface area is 270 Å². The number of anilines is 2. The van der Waals surface area contributed by atoms with Crippen LogP contribution in [-0.4, -0.2) is 60.9 Å². The highest BCUT2D eigenvalue weighted by Crippen LogP contribution is 2.33. The van der Waals surface area contributed by atoms with Gasteiger partial charge in [-0.05, 0) is 86.1 Å². The summed E-state index contributed by atoms with van der Waals surface area (Å²) in [6.45, 7) is 4.04. The summed E-state index contributed by atoms with van der Waals surface area (Å²) in [5.41, 5.74) is 11.9. The summed E-state index contributed by atoms with van der Waals surface area (Å²) in [5, 5.41) is 4.17. The molecule has 1 aliphatic rings. The topological polar surface area (TPSA) is 124 Å². The summed E-state index contributed by atoms with van der Waals surface area (Å²) in [7, 11) is 1.61. The van der Waals surface area contributed by atoms with Gasteiger partial charge in [-0.1, -0.05) is 30.7 Å². The predicted octanol–water partition coefficient (Wildman–Crippen LogP) is 6.37. The summed E-state index contributed by atoms with van der Waals surface area (Å²) in [6, 6.07) is 19.4. The van der Waals surface area contributed by atoms with Crippen LogP contribution in [0.2, 0.25) is 0 Å². The van der Waals surface area contributed by atoms with E-state index in [2.05, 4.69) is 16.4 Å². The molecule has 0 spiro atoms. The Morgan fingerprint density at radius 1 is 1.02 bits per heavy atom. The highest BCUT2D eigenvalue weighted by molar-refractivity contribution is 6.08. The van der Waals surface area contributed by atoms with E-state index in [1.165, 1.54) is 6.20 Å². The molecule has 1 fully saturated rings. The molecular formula is C37H42N4O5. The lowest BCUT2D eigenvalue weighted by Gasteiger charge is -2.32. The van der Waals surface area contributed by atoms with Gasteiger partial charge in [0.25, 0.3) is 11.8 Å². The van der Waals surface area contributed by atoms with Gasteiger partial charge < -0.3 is 30.2 Å². The van der Waals surface area contributed by atoms with Gasteiger partial charge in [0, 0.05) is 55.0 Å². The van der Waals surface area contributed by atoms with Gasteiger partial charge >= 0.3 is 0 Å². The molecule has 3 aromatic carbocycles. The number of rotatable bonds is 14. The number of unbranched alkanes of at least 4 members (excludes halogenated alkanes) is 3. The van der Waals surface area contributed by atoms with Crippen LogP contribution in [0.4, 0.5) is 11.4 Å². The number of nitrogens with two attached hydrogens (primary N) is 1. The molecule has 3 N–H and O–H groups in total. The molecular weight excluding hydrogens is 580 g/mol. The number of hydrogen-bond donors (Lipinski definition) is 2. The molecule has 9 nitrogen and oxygen atoms in total. The van der Waals surface area contributed by atoms with Crippen LogP contribution in [0.3, 0.4) is 0 Å². The summed E-state index contributed by atoms with van der Waals surface area (Å²) >= 11 is 0. The molecule has 1 aliphatic heterocycles. The molecule has 46 heavy (non-hydrogen) atoms. The van der Waals surface area contributed by atoms with Crippen molar-refractivity contribution in [3.63, 3.8) is 0 Å². The van der Waals surface area contributed by atoms with Gasteiger partial charge in [0.1, 0.15) is 12.0 Å². The van der Waals surface area contributed by atoms with E-state index in [4.69, 9.17) is 15.2 Å². The molecule has 0 bridgehead atoms. The van der Waals surface area contributed by atoms with Crippen LogP contribution >= 0.6 is 0 Å². The van der Waals surface area contributed by atoms with Gasteiger partial charge in [-0.25, -0.2) is 0 Å². The van der Waals surface area contributed by atoms with E-state index in [1.54, 1.807) is 7.11 Å². The Morgan fingerprint density at radius 3 is 2.59 bits per heavy atom. The third-order valence-corrected chi connectivity index (χ3v) is 8.46. The molecule has 240 valence electrons. The smallest absolute Gasteiger partial charge is 0.253 e. The Morgan fingerprint density at radius 2 is 1.83 bits per heavy atom. The Bertz CT molecular complexity index is 1700. The molecule has 0 radical (unpaired) electrons. The number of piperidine rings is 1. The maximum absolute atomic E-state index is 13.5. The monoisotopic (exact) mass is 622 g/mol. The standard InChI is InChI=1S/C37H42N4O5/c1-25-19-27(22-32-34(25)39-24-33(36(38)43)35(32)40-29-11-8-12-31(23-29)45-2)20-26-9-7-10-28(21-26)37(44)41-15-13-30(14-16-41)46-18-6-4-3-5-17-42/h7-12,17,19,21-24,30H,3-6,13-16,18,20H2,1-2H3,(H2,38,43)(H,39,40). The zero-order valence-electron chi connectivity index (χ0n) is 26.6. The van der Waals surface area contributed by atoms with E-state index in [0.717, 1.165) is 71.7 Å². The Hall–Kier alpha value is -4.76. The second-order valence-corrected chi connectivity index (χ2v) is 11.8. The van der Waals surface area contributed by atoms with Crippen molar-refractivity contribution in [3.05, 3.63) is 94.7 Å². The number of benzene rings is 3. The van der Waals surface area contributed by atoms with Crippen molar-refractivity contribution in [1.82, 2.24) is 9.88 Å². The van der Waals surface area contributed by atoms with Crippen molar-refractivity contribution in [2.45, 2.75) is 58.0 Å². The molecule has 5 rings (SSSR count). The molecule has 4 aromatic rings. The van der Waals surface area contributed by atoms with Crippen molar-refractivity contribution >= 4 is 40.4 Å². The minimum Gasteiger partial charge on any atom is -0.497 e. The molecule has 0 atom stereocenters. The first-order valence-electron chi connectivity index (χ1n) is 15.9. The van der Waals surface area contributed by atoms with Crippen LogP contribution in [0, 0.1) is 6.92 Å². The summed E-state index contributed by atoms with van der Waals surface area (Å²) < 4.78 is 11.4. The normalized spacial score (nSPS) is 13.5. The van der Waals surface area contributed by atoms with E-state index in [9.17, 15) is 14.4 Å². The van der Waals surface area contributed by atoms with Crippen LogP contribution in [0.1, 0.15) is 75.9 Å². The molecule has 9 heteroatoms. The first kappa shape index (κ1) is 32.6. The lowest BCUT2D eigenvalue weighted by atomic mass is 9.97.